The van der Waals surface area contributed by atoms with Crippen molar-refractivity contribution < 1.29 is 33.0 Å². The largest absolute Gasteiger partial charge is 0.459 e. The van der Waals surface area contributed by atoms with Crippen molar-refractivity contribution in [2.45, 2.75) is 89.2 Å². The van der Waals surface area contributed by atoms with Crippen molar-refractivity contribution in [2.24, 2.45) is 5.11 Å². The molecule has 2 heterocycles. The first-order valence-corrected chi connectivity index (χ1v) is 11.0. The molecule has 0 aromatic heterocycles. The SMILES string of the molecule is CC(=O)O[C@@H]1[C@@H](N=[N+]=[N-])[C@H](O[N+](=O)[O-])O[C@@H]2CO[Si](C(C)(C)C)(C(C)(C)C)O[C@@H]12. The minimum atomic E-state index is -2.97. The summed E-state index contributed by atoms with van der Waals surface area (Å²) in [4.78, 5) is 29.9. The molecule has 0 aliphatic carbocycles. The number of fused-ring (bicyclic) bond motifs is 1. The minimum absolute atomic E-state index is 0.0732. The molecule has 2 rings (SSSR count). The van der Waals surface area contributed by atoms with Gasteiger partial charge < -0.3 is 18.3 Å². The van der Waals surface area contributed by atoms with Crippen molar-refractivity contribution in [3.8, 4) is 0 Å². The average Bonchev–Trinajstić information content (AvgIpc) is 2.54. The molecule has 13 heteroatoms. The van der Waals surface area contributed by atoms with Crippen molar-refractivity contribution in [1.82, 2.24) is 0 Å². The Morgan fingerprint density at radius 1 is 1.28 bits per heavy atom. The summed E-state index contributed by atoms with van der Waals surface area (Å²) in [5.74, 6) is -0.650. The molecule has 0 saturated carbocycles. The monoisotopic (exact) mass is 432 g/mol. The van der Waals surface area contributed by atoms with Crippen LogP contribution in [0.2, 0.25) is 10.1 Å². The second kappa shape index (κ2) is 8.07. The summed E-state index contributed by atoms with van der Waals surface area (Å²) in [6, 6.07) is -1.31. The van der Waals surface area contributed by atoms with Crippen molar-refractivity contribution in [1.29, 1.82) is 0 Å². The summed E-state index contributed by atoms with van der Waals surface area (Å²) in [6.45, 7) is 13.3. The molecular formula is C16H28N4O8Si. The van der Waals surface area contributed by atoms with Gasteiger partial charge in [-0.2, -0.15) is 0 Å². The lowest BCUT2D eigenvalue weighted by Crippen LogP contribution is -2.71. The van der Waals surface area contributed by atoms with Crippen LogP contribution in [-0.4, -0.2) is 56.9 Å². The lowest BCUT2D eigenvalue weighted by atomic mass is 9.97. The van der Waals surface area contributed by atoms with Gasteiger partial charge in [0.05, 0.1) is 6.61 Å². The standard InChI is InChI=1S/C16H28N4O8Si/c1-9(21)25-13-11(18-19-17)14(27-20(22)23)26-10-8-24-29(15(2,3)4,16(5,6)7)28-12(10)13/h10-14H,8H2,1-7H3/t10-,11-,12-,13-,14+/m1/s1. The van der Waals surface area contributed by atoms with Gasteiger partial charge in [0.15, 0.2) is 0 Å². The van der Waals surface area contributed by atoms with Gasteiger partial charge in [0.1, 0.15) is 24.4 Å². The molecule has 2 saturated heterocycles. The lowest BCUT2D eigenvalue weighted by Gasteiger charge is -2.57. The number of carbonyl (C=O) groups is 1. The Bertz CT molecular complexity index is 686. The number of ether oxygens (including phenoxy) is 2. The number of hydrogen-bond donors (Lipinski definition) is 0. The van der Waals surface area contributed by atoms with Gasteiger partial charge >= 0.3 is 14.5 Å². The summed E-state index contributed by atoms with van der Waals surface area (Å²) in [7, 11) is -2.97. The molecule has 0 amide bonds. The topological polar surface area (TPSA) is 155 Å². The van der Waals surface area contributed by atoms with Gasteiger partial charge in [0.25, 0.3) is 5.09 Å². The Hall–Kier alpha value is -1.92. The van der Waals surface area contributed by atoms with E-state index in [-0.39, 0.29) is 16.7 Å². The third-order valence-corrected chi connectivity index (χ3v) is 10.1. The third kappa shape index (κ3) is 4.48. The van der Waals surface area contributed by atoms with Crippen LogP contribution >= 0.6 is 0 Å². The van der Waals surface area contributed by atoms with Gasteiger partial charge in [-0.1, -0.05) is 46.7 Å². The van der Waals surface area contributed by atoms with E-state index in [1.807, 2.05) is 41.5 Å². The van der Waals surface area contributed by atoms with Crippen LogP contribution in [0.5, 0.6) is 0 Å². The summed E-state index contributed by atoms with van der Waals surface area (Å²) < 4.78 is 23.9. The number of nitrogens with zero attached hydrogens (tertiary/aromatic N) is 4. The highest BCUT2D eigenvalue weighted by Crippen LogP contribution is 2.55. The van der Waals surface area contributed by atoms with Gasteiger partial charge in [0, 0.05) is 21.9 Å². The van der Waals surface area contributed by atoms with Gasteiger partial charge in [-0.25, -0.2) is 0 Å². The first-order chi connectivity index (χ1) is 13.2. The number of hydrogen-bond acceptors (Lipinski definition) is 9. The van der Waals surface area contributed by atoms with Crippen molar-refractivity contribution >= 4 is 14.5 Å². The smallest absolute Gasteiger partial charge is 0.349 e. The number of esters is 1. The van der Waals surface area contributed by atoms with Crippen molar-refractivity contribution in [2.75, 3.05) is 6.61 Å². The first-order valence-electron chi connectivity index (χ1n) is 9.23. The highest BCUT2D eigenvalue weighted by Gasteiger charge is 2.65. The molecular weight excluding hydrogens is 404 g/mol. The molecule has 0 N–H and O–H groups in total. The van der Waals surface area contributed by atoms with Crippen LogP contribution in [-0.2, 0) is 28.0 Å². The van der Waals surface area contributed by atoms with E-state index < -0.39 is 50.3 Å². The average molecular weight is 433 g/mol. The Balaban J connectivity index is 2.51. The molecule has 0 aromatic rings. The molecule has 0 radical (unpaired) electrons. The predicted octanol–water partition coefficient (Wildman–Crippen LogP) is 2.99. The predicted molar refractivity (Wildman–Crippen MR) is 101 cm³/mol. The van der Waals surface area contributed by atoms with E-state index >= 15 is 0 Å². The van der Waals surface area contributed by atoms with Gasteiger partial charge in [-0.3, -0.25) is 9.63 Å². The van der Waals surface area contributed by atoms with Gasteiger partial charge in [0.2, 0.25) is 6.29 Å². The number of rotatable bonds is 4. The summed E-state index contributed by atoms with van der Waals surface area (Å²) in [5.41, 5.74) is 8.96. The van der Waals surface area contributed by atoms with Gasteiger partial charge in [-0.15, -0.1) is 10.1 Å². The van der Waals surface area contributed by atoms with Crippen molar-refractivity contribution in [3.63, 3.8) is 0 Å². The maximum Gasteiger partial charge on any atom is 0.349 e. The van der Waals surface area contributed by atoms with Crippen LogP contribution in [0.25, 0.3) is 10.4 Å². The highest BCUT2D eigenvalue weighted by molar-refractivity contribution is 6.73. The molecule has 0 bridgehead atoms. The van der Waals surface area contributed by atoms with Crippen LogP contribution in [0.3, 0.4) is 0 Å². The molecule has 2 fully saturated rings. The van der Waals surface area contributed by atoms with Crippen LogP contribution in [0.1, 0.15) is 48.5 Å². The maximum absolute atomic E-state index is 11.8. The van der Waals surface area contributed by atoms with Gasteiger partial charge in [-0.05, 0) is 5.53 Å². The second-order valence-corrected chi connectivity index (χ2v) is 13.9. The molecule has 5 atom stereocenters. The Morgan fingerprint density at radius 3 is 2.31 bits per heavy atom. The lowest BCUT2D eigenvalue weighted by molar-refractivity contribution is -0.783. The van der Waals surface area contributed by atoms with E-state index in [0.717, 1.165) is 0 Å². The van der Waals surface area contributed by atoms with E-state index in [2.05, 4.69) is 14.9 Å². The van der Waals surface area contributed by atoms with Crippen LogP contribution < -0.4 is 0 Å². The molecule has 29 heavy (non-hydrogen) atoms. The Morgan fingerprint density at radius 2 is 1.86 bits per heavy atom. The van der Waals surface area contributed by atoms with Crippen LogP contribution in [0.4, 0.5) is 0 Å². The van der Waals surface area contributed by atoms with E-state index in [1.165, 1.54) is 6.92 Å². The zero-order chi connectivity index (χ0) is 22.2. The molecule has 2 aliphatic heterocycles. The second-order valence-electron chi connectivity index (χ2n) is 9.15. The molecule has 0 unspecified atom stereocenters. The molecule has 0 aromatic carbocycles. The molecule has 164 valence electrons. The minimum Gasteiger partial charge on any atom is -0.459 e. The first kappa shape index (κ1) is 23.4. The fourth-order valence-corrected chi connectivity index (χ4v) is 9.14. The summed E-state index contributed by atoms with van der Waals surface area (Å²) >= 11 is 0. The Labute approximate surface area is 169 Å². The van der Waals surface area contributed by atoms with Crippen LogP contribution in [0, 0.1) is 10.1 Å². The number of azide groups is 1. The van der Waals surface area contributed by atoms with Crippen LogP contribution in [0.15, 0.2) is 5.11 Å². The quantitative estimate of drug-likeness (QED) is 0.125. The molecule has 0 spiro atoms. The number of carbonyl (C=O) groups excluding carboxylic acids is 1. The van der Waals surface area contributed by atoms with E-state index in [9.17, 15) is 14.9 Å². The fraction of sp³-hybridized carbons (Fsp3) is 0.938. The van der Waals surface area contributed by atoms with Crippen molar-refractivity contribution in [3.05, 3.63) is 20.6 Å². The fourth-order valence-electron chi connectivity index (χ4n) is 4.18. The summed E-state index contributed by atoms with van der Waals surface area (Å²) in [5, 5.41) is 12.7. The van der Waals surface area contributed by atoms with E-state index in [1.54, 1.807) is 0 Å². The molecule has 12 nitrogen and oxygen atoms in total. The van der Waals surface area contributed by atoms with E-state index in [4.69, 9.17) is 23.9 Å². The highest BCUT2D eigenvalue weighted by atomic mass is 28.4. The third-order valence-electron chi connectivity index (χ3n) is 5.02. The normalized spacial score (nSPS) is 31.8. The van der Waals surface area contributed by atoms with E-state index in [0.29, 0.717) is 0 Å². The zero-order valence-corrected chi connectivity index (χ0v) is 18.6. The molecule has 2 aliphatic rings. The Kier molecular flexibility index (Phi) is 6.50. The zero-order valence-electron chi connectivity index (χ0n) is 17.6. The maximum atomic E-state index is 11.8. The summed E-state index contributed by atoms with van der Waals surface area (Å²) in [6.07, 6.45) is -4.33.